The Labute approximate surface area is 111 Å². The zero-order valence-corrected chi connectivity index (χ0v) is 11.5. The number of hydrogen-bond acceptors (Lipinski definition) is 1. The van der Waals surface area contributed by atoms with Gasteiger partial charge in [0.2, 0.25) is 0 Å². The van der Waals surface area contributed by atoms with Gasteiger partial charge in [0.1, 0.15) is 0 Å². The Morgan fingerprint density at radius 3 is 1.50 bits per heavy atom. The molecule has 0 aromatic heterocycles. The SMILES string of the molecule is PN1CC(c2ccccc2)C(c2ccccc2)C1. The van der Waals surface area contributed by atoms with Crippen molar-refractivity contribution in [2.45, 2.75) is 11.8 Å². The summed E-state index contributed by atoms with van der Waals surface area (Å²) in [6, 6.07) is 21.8. The minimum absolute atomic E-state index is 0.603. The minimum atomic E-state index is 0.603. The van der Waals surface area contributed by atoms with Gasteiger partial charge in [0, 0.05) is 24.9 Å². The van der Waals surface area contributed by atoms with Gasteiger partial charge in [-0.05, 0) is 11.1 Å². The fourth-order valence-electron chi connectivity index (χ4n) is 2.91. The molecule has 0 saturated carbocycles. The van der Waals surface area contributed by atoms with E-state index in [1.165, 1.54) is 11.1 Å². The van der Waals surface area contributed by atoms with Gasteiger partial charge in [-0.1, -0.05) is 70.1 Å². The van der Waals surface area contributed by atoms with Crippen LogP contribution < -0.4 is 0 Å². The normalized spacial score (nSPS) is 24.3. The maximum Gasteiger partial charge on any atom is 0.00918 e. The molecule has 2 aromatic carbocycles. The molecule has 1 heterocycles. The maximum absolute atomic E-state index is 2.85. The van der Waals surface area contributed by atoms with Crippen molar-refractivity contribution in [2.75, 3.05) is 13.1 Å². The summed E-state index contributed by atoms with van der Waals surface area (Å²) in [5.41, 5.74) is 2.91. The van der Waals surface area contributed by atoms with Gasteiger partial charge in [-0.2, -0.15) is 0 Å². The molecule has 1 fully saturated rings. The smallest absolute Gasteiger partial charge is 0.00918 e. The monoisotopic (exact) mass is 255 g/mol. The van der Waals surface area contributed by atoms with Gasteiger partial charge in [-0.3, -0.25) is 4.67 Å². The lowest BCUT2D eigenvalue weighted by molar-refractivity contribution is 0.570. The van der Waals surface area contributed by atoms with Crippen molar-refractivity contribution >= 4 is 9.39 Å². The second-order valence-electron chi connectivity index (χ2n) is 4.99. The van der Waals surface area contributed by atoms with Crippen molar-refractivity contribution in [3.8, 4) is 0 Å². The van der Waals surface area contributed by atoms with Crippen LogP contribution in [-0.2, 0) is 0 Å². The van der Waals surface area contributed by atoms with Crippen LogP contribution in [0.25, 0.3) is 0 Å². The van der Waals surface area contributed by atoms with Crippen LogP contribution in [-0.4, -0.2) is 17.8 Å². The molecule has 0 amide bonds. The Morgan fingerprint density at radius 1 is 0.722 bits per heavy atom. The van der Waals surface area contributed by atoms with Crippen molar-refractivity contribution in [2.24, 2.45) is 0 Å². The van der Waals surface area contributed by atoms with Crippen molar-refractivity contribution in [3.63, 3.8) is 0 Å². The lowest BCUT2D eigenvalue weighted by Gasteiger charge is -2.19. The molecule has 0 bridgehead atoms. The molecule has 1 nitrogen and oxygen atoms in total. The molecule has 18 heavy (non-hydrogen) atoms. The van der Waals surface area contributed by atoms with E-state index in [-0.39, 0.29) is 0 Å². The van der Waals surface area contributed by atoms with E-state index in [2.05, 4.69) is 74.7 Å². The third kappa shape index (κ3) is 2.34. The molecule has 0 radical (unpaired) electrons. The van der Waals surface area contributed by atoms with Gasteiger partial charge in [0.05, 0.1) is 0 Å². The number of rotatable bonds is 2. The molecule has 0 N–H and O–H groups in total. The second kappa shape index (κ2) is 5.22. The van der Waals surface area contributed by atoms with E-state index in [9.17, 15) is 0 Å². The van der Waals surface area contributed by atoms with Gasteiger partial charge < -0.3 is 0 Å². The predicted molar refractivity (Wildman–Crippen MR) is 79.6 cm³/mol. The third-order valence-electron chi connectivity index (χ3n) is 3.80. The molecule has 92 valence electrons. The van der Waals surface area contributed by atoms with Gasteiger partial charge in [-0.25, -0.2) is 0 Å². The molecule has 3 rings (SSSR count). The quantitative estimate of drug-likeness (QED) is 0.740. The topological polar surface area (TPSA) is 3.24 Å². The first-order valence-corrected chi connectivity index (χ1v) is 6.96. The van der Waals surface area contributed by atoms with E-state index < -0.39 is 0 Å². The Hall–Kier alpha value is -1.17. The Balaban J connectivity index is 1.93. The second-order valence-corrected chi connectivity index (χ2v) is 5.72. The van der Waals surface area contributed by atoms with Gasteiger partial charge in [-0.15, -0.1) is 0 Å². The van der Waals surface area contributed by atoms with Crippen molar-refractivity contribution < 1.29 is 0 Å². The highest BCUT2D eigenvalue weighted by atomic mass is 31.0. The van der Waals surface area contributed by atoms with Crippen LogP contribution in [0.15, 0.2) is 60.7 Å². The maximum atomic E-state index is 2.85. The van der Waals surface area contributed by atoms with Crippen LogP contribution in [0.2, 0.25) is 0 Å². The fourth-order valence-corrected chi connectivity index (χ4v) is 3.36. The lowest BCUT2D eigenvalue weighted by Crippen LogP contribution is -2.08. The van der Waals surface area contributed by atoms with Crippen molar-refractivity contribution in [1.29, 1.82) is 0 Å². The van der Waals surface area contributed by atoms with E-state index in [4.69, 9.17) is 0 Å². The highest BCUT2D eigenvalue weighted by Crippen LogP contribution is 2.40. The highest BCUT2D eigenvalue weighted by Gasteiger charge is 2.32. The van der Waals surface area contributed by atoms with Gasteiger partial charge in [0.15, 0.2) is 0 Å². The number of benzene rings is 2. The van der Waals surface area contributed by atoms with E-state index >= 15 is 0 Å². The van der Waals surface area contributed by atoms with Crippen molar-refractivity contribution in [3.05, 3.63) is 71.8 Å². The molecule has 0 spiro atoms. The molecule has 2 heteroatoms. The summed E-state index contributed by atoms with van der Waals surface area (Å²) in [6.45, 7) is 2.24. The molecule has 1 saturated heterocycles. The van der Waals surface area contributed by atoms with Crippen LogP contribution in [0, 0.1) is 0 Å². The van der Waals surface area contributed by atoms with E-state index in [0.717, 1.165) is 13.1 Å². The van der Waals surface area contributed by atoms with E-state index in [1.54, 1.807) is 0 Å². The molecule has 3 atom stereocenters. The summed E-state index contributed by atoms with van der Waals surface area (Å²) in [4.78, 5) is 0. The predicted octanol–water partition coefficient (Wildman–Crippen LogP) is 3.66. The van der Waals surface area contributed by atoms with E-state index in [1.807, 2.05) is 0 Å². The largest absolute Gasteiger partial charge is 0.286 e. The molecule has 1 aliphatic rings. The Bertz CT molecular complexity index is 450. The Morgan fingerprint density at radius 2 is 1.11 bits per heavy atom. The standard InChI is InChI=1S/C16H18NP/c18-17-11-15(13-7-3-1-4-8-13)16(12-17)14-9-5-2-6-10-14/h1-10,15-16H,11-12,18H2. The zero-order chi connectivity index (χ0) is 12.4. The number of nitrogens with zero attached hydrogens (tertiary/aromatic N) is 1. The summed E-state index contributed by atoms with van der Waals surface area (Å²) in [6.07, 6.45) is 0. The average Bonchev–Trinajstić information content (AvgIpc) is 2.83. The summed E-state index contributed by atoms with van der Waals surface area (Å²) < 4.78 is 2.36. The summed E-state index contributed by atoms with van der Waals surface area (Å²) >= 11 is 0. The summed E-state index contributed by atoms with van der Waals surface area (Å²) in [5, 5.41) is 0. The molecular formula is C16H18NP. The fraction of sp³-hybridized carbons (Fsp3) is 0.250. The lowest BCUT2D eigenvalue weighted by atomic mass is 9.84. The first-order chi connectivity index (χ1) is 8.84. The van der Waals surface area contributed by atoms with Crippen LogP contribution in [0.4, 0.5) is 0 Å². The first-order valence-electron chi connectivity index (χ1n) is 6.44. The van der Waals surface area contributed by atoms with Crippen LogP contribution in [0.1, 0.15) is 23.0 Å². The average molecular weight is 255 g/mol. The minimum Gasteiger partial charge on any atom is -0.286 e. The van der Waals surface area contributed by atoms with Gasteiger partial charge >= 0.3 is 0 Å². The zero-order valence-electron chi connectivity index (χ0n) is 10.4. The summed E-state index contributed by atoms with van der Waals surface area (Å²) in [5.74, 6) is 1.21. The third-order valence-corrected chi connectivity index (χ3v) is 4.23. The number of hydrogen-bond donors (Lipinski definition) is 0. The van der Waals surface area contributed by atoms with Gasteiger partial charge in [0.25, 0.3) is 0 Å². The van der Waals surface area contributed by atoms with Crippen LogP contribution >= 0.6 is 9.39 Å². The molecule has 2 aromatic rings. The van der Waals surface area contributed by atoms with Crippen molar-refractivity contribution in [1.82, 2.24) is 4.67 Å². The first kappa shape index (κ1) is 11.9. The molecule has 0 aliphatic carbocycles. The van der Waals surface area contributed by atoms with Crippen LogP contribution in [0.3, 0.4) is 0 Å². The Kier molecular flexibility index (Phi) is 3.45. The highest BCUT2D eigenvalue weighted by molar-refractivity contribution is 7.13. The molecule has 1 aliphatic heterocycles. The van der Waals surface area contributed by atoms with E-state index in [0.29, 0.717) is 11.8 Å². The summed E-state index contributed by atoms with van der Waals surface area (Å²) in [7, 11) is 2.85. The molecule has 3 unspecified atom stereocenters. The molecular weight excluding hydrogens is 237 g/mol. The van der Waals surface area contributed by atoms with Crippen LogP contribution in [0.5, 0.6) is 0 Å².